The van der Waals surface area contributed by atoms with E-state index in [1.54, 1.807) is 55.5 Å². The maximum Gasteiger partial charge on any atom is 0.343 e. The number of rotatable bonds is 7. The van der Waals surface area contributed by atoms with Gasteiger partial charge in [-0.25, -0.2) is 14.5 Å². The zero-order valence-electron chi connectivity index (χ0n) is 19.8. The molecule has 0 aliphatic carbocycles. The highest BCUT2D eigenvalue weighted by Gasteiger charge is 2.37. The van der Waals surface area contributed by atoms with Gasteiger partial charge in [0.25, 0.3) is 11.8 Å². The average molecular weight is 565 g/mol. The molecule has 3 aromatic rings. The third-order valence-corrected chi connectivity index (χ3v) is 5.80. The van der Waals surface area contributed by atoms with E-state index in [4.69, 9.17) is 14.2 Å². The van der Waals surface area contributed by atoms with Gasteiger partial charge in [0.1, 0.15) is 11.3 Å². The molecule has 4 amide bonds. The predicted molar refractivity (Wildman–Crippen MR) is 139 cm³/mol. The van der Waals surface area contributed by atoms with E-state index < -0.39 is 23.8 Å². The number of amides is 4. The molecule has 1 aliphatic rings. The topological polar surface area (TPSA) is 111 Å². The molecule has 4 rings (SSSR count). The number of barbiturate groups is 1. The summed E-state index contributed by atoms with van der Waals surface area (Å²) in [5, 5.41) is 2.18. The van der Waals surface area contributed by atoms with Crippen LogP contribution >= 0.6 is 15.9 Å². The van der Waals surface area contributed by atoms with Crippen molar-refractivity contribution in [1.82, 2.24) is 5.32 Å². The van der Waals surface area contributed by atoms with Crippen LogP contribution in [0.1, 0.15) is 22.8 Å². The van der Waals surface area contributed by atoms with Gasteiger partial charge in [0.15, 0.2) is 11.5 Å². The molecule has 0 unspecified atom stereocenters. The Morgan fingerprint density at radius 3 is 2.46 bits per heavy atom. The number of hydrogen-bond acceptors (Lipinski definition) is 7. The van der Waals surface area contributed by atoms with E-state index in [2.05, 4.69) is 21.2 Å². The highest BCUT2D eigenvalue weighted by Crippen LogP contribution is 2.31. The quantitative estimate of drug-likeness (QED) is 0.191. The van der Waals surface area contributed by atoms with Gasteiger partial charge in [-0.1, -0.05) is 28.1 Å². The van der Waals surface area contributed by atoms with Crippen LogP contribution in [0.2, 0.25) is 0 Å². The number of ether oxygens (including phenoxy) is 3. The molecular weight excluding hydrogens is 544 g/mol. The van der Waals surface area contributed by atoms with Crippen molar-refractivity contribution in [1.29, 1.82) is 0 Å². The Kier molecular flexibility index (Phi) is 7.69. The molecule has 3 aromatic carbocycles. The molecule has 0 spiro atoms. The second kappa shape index (κ2) is 11.1. The molecule has 1 heterocycles. The number of imide groups is 2. The summed E-state index contributed by atoms with van der Waals surface area (Å²) < 4.78 is 17.1. The highest BCUT2D eigenvalue weighted by molar-refractivity contribution is 9.10. The van der Waals surface area contributed by atoms with Gasteiger partial charge in [0.2, 0.25) is 0 Å². The molecule has 1 saturated heterocycles. The predicted octanol–water partition coefficient (Wildman–Crippen LogP) is 4.74. The van der Waals surface area contributed by atoms with Crippen LogP contribution in [0.4, 0.5) is 10.5 Å². The molecule has 1 aliphatic heterocycles. The molecule has 10 heteroatoms. The Labute approximate surface area is 220 Å². The zero-order chi connectivity index (χ0) is 26.5. The van der Waals surface area contributed by atoms with Crippen molar-refractivity contribution >= 4 is 51.5 Å². The number of nitrogens with zero attached hydrogens (tertiary/aromatic N) is 1. The van der Waals surface area contributed by atoms with Crippen LogP contribution in [0.5, 0.6) is 17.2 Å². The average Bonchev–Trinajstić information content (AvgIpc) is 2.88. The summed E-state index contributed by atoms with van der Waals surface area (Å²) >= 11 is 3.32. The zero-order valence-corrected chi connectivity index (χ0v) is 21.4. The maximum atomic E-state index is 13.2. The first-order valence-electron chi connectivity index (χ1n) is 11.1. The van der Waals surface area contributed by atoms with Crippen molar-refractivity contribution in [3.63, 3.8) is 0 Å². The number of carbonyl (C=O) groups is 4. The second-order valence-electron chi connectivity index (χ2n) is 7.69. The first-order valence-corrected chi connectivity index (χ1v) is 11.9. The minimum absolute atomic E-state index is 0.171. The Bertz CT molecular complexity index is 1420. The minimum atomic E-state index is -0.870. The fourth-order valence-electron chi connectivity index (χ4n) is 3.52. The van der Waals surface area contributed by atoms with Crippen LogP contribution in [0.15, 0.2) is 76.8 Å². The summed E-state index contributed by atoms with van der Waals surface area (Å²) in [4.78, 5) is 51.6. The Hall–Kier alpha value is -4.44. The fraction of sp³-hybridized carbons (Fsp3) is 0.111. The third kappa shape index (κ3) is 5.70. The van der Waals surface area contributed by atoms with Crippen molar-refractivity contribution in [2.75, 3.05) is 18.6 Å². The number of benzene rings is 3. The molecule has 0 atom stereocenters. The number of halogens is 1. The number of urea groups is 1. The molecule has 0 radical (unpaired) electrons. The van der Waals surface area contributed by atoms with E-state index in [0.717, 1.165) is 9.37 Å². The van der Waals surface area contributed by atoms with E-state index >= 15 is 0 Å². The number of nitrogens with one attached hydrogen (secondary N) is 1. The standard InChI is InChI=1S/C27H21BrN2O7/c1-3-36-23-14-16(7-12-22(23)37-26(33)17-8-10-18(28)11-9-17)13-21-24(31)29-27(34)30(25(21)32)19-5-4-6-20(15-19)35-2/h4-15H,3H2,1-2H3,(H,29,31,34)/b21-13+. The second-order valence-corrected chi connectivity index (χ2v) is 8.61. The van der Waals surface area contributed by atoms with Crippen molar-refractivity contribution < 1.29 is 33.4 Å². The summed E-state index contributed by atoms with van der Waals surface area (Å²) in [6.45, 7) is 2.04. The number of carbonyl (C=O) groups excluding carboxylic acids is 4. The lowest BCUT2D eigenvalue weighted by Gasteiger charge is -2.26. The lowest BCUT2D eigenvalue weighted by molar-refractivity contribution is -0.122. The van der Waals surface area contributed by atoms with E-state index in [-0.39, 0.29) is 29.4 Å². The van der Waals surface area contributed by atoms with Crippen molar-refractivity contribution in [3.8, 4) is 17.2 Å². The molecule has 0 aromatic heterocycles. The van der Waals surface area contributed by atoms with E-state index in [1.807, 2.05) is 0 Å². The summed E-state index contributed by atoms with van der Waals surface area (Å²) in [5.74, 6) is -1.36. The van der Waals surface area contributed by atoms with Gasteiger partial charge >= 0.3 is 12.0 Å². The first kappa shape index (κ1) is 25.6. The van der Waals surface area contributed by atoms with Crippen LogP contribution in [0, 0.1) is 0 Å². The maximum absolute atomic E-state index is 13.2. The molecule has 0 bridgehead atoms. The summed E-state index contributed by atoms with van der Waals surface area (Å²) in [7, 11) is 1.46. The first-order chi connectivity index (χ1) is 17.8. The third-order valence-electron chi connectivity index (χ3n) is 5.27. The van der Waals surface area contributed by atoms with Gasteiger partial charge in [-0.15, -0.1) is 0 Å². The smallest absolute Gasteiger partial charge is 0.343 e. The van der Waals surface area contributed by atoms with Gasteiger partial charge < -0.3 is 14.2 Å². The van der Waals surface area contributed by atoms with Gasteiger partial charge in [0.05, 0.1) is 25.0 Å². The number of hydrogen-bond donors (Lipinski definition) is 1. The number of anilines is 1. The lowest BCUT2D eigenvalue weighted by Crippen LogP contribution is -2.54. The minimum Gasteiger partial charge on any atom is -0.497 e. The molecule has 1 fully saturated rings. The van der Waals surface area contributed by atoms with E-state index in [0.29, 0.717) is 16.9 Å². The van der Waals surface area contributed by atoms with Gasteiger partial charge in [0, 0.05) is 10.5 Å². The molecule has 188 valence electrons. The van der Waals surface area contributed by atoms with Gasteiger partial charge in [-0.2, -0.15) is 0 Å². The molecule has 9 nitrogen and oxygen atoms in total. The largest absolute Gasteiger partial charge is 0.497 e. The van der Waals surface area contributed by atoms with Crippen LogP contribution < -0.4 is 24.4 Å². The van der Waals surface area contributed by atoms with Crippen molar-refractivity contribution in [2.45, 2.75) is 6.92 Å². The van der Waals surface area contributed by atoms with Crippen LogP contribution in [-0.4, -0.2) is 37.5 Å². The Balaban J connectivity index is 1.64. The lowest BCUT2D eigenvalue weighted by atomic mass is 10.1. The molecule has 0 saturated carbocycles. The van der Waals surface area contributed by atoms with Crippen LogP contribution in [-0.2, 0) is 9.59 Å². The van der Waals surface area contributed by atoms with Gasteiger partial charge in [-0.05, 0) is 67.1 Å². The monoisotopic (exact) mass is 564 g/mol. The van der Waals surface area contributed by atoms with Crippen molar-refractivity contribution in [3.05, 3.63) is 87.9 Å². The van der Waals surface area contributed by atoms with E-state index in [1.165, 1.54) is 31.4 Å². The number of esters is 1. The highest BCUT2D eigenvalue weighted by atomic mass is 79.9. The summed E-state index contributed by atoms with van der Waals surface area (Å²) in [5.41, 5.74) is 0.754. The van der Waals surface area contributed by atoms with E-state index in [9.17, 15) is 19.2 Å². The SMILES string of the molecule is CCOc1cc(/C=C2\C(=O)NC(=O)N(c3cccc(OC)c3)C2=O)ccc1OC(=O)c1ccc(Br)cc1. The normalized spacial score (nSPS) is 14.4. The Morgan fingerprint density at radius 1 is 1.00 bits per heavy atom. The Morgan fingerprint density at radius 2 is 1.76 bits per heavy atom. The molecule has 1 N–H and O–H groups in total. The number of methoxy groups -OCH3 is 1. The fourth-order valence-corrected chi connectivity index (χ4v) is 3.78. The van der Waals surface area contributed by atoms with Crippen LogP contribution in [0.3, 0.4) is 0 Å². The summed E-state index contributed by atoms with van der Waals surface area (Å²) in [6.07, 6.45) is 1.33. The van der Waals surface area contributed by atoms with Crippen LogP contribution in [0.25, 0.3) is 6.08 Å². The molecule has 37 heavy (non-hydrogen) atoms. The summed E-state index contributed by atoms with van der Waals surface area (Å²) in [6, 6.07) is 16.8. The van der Waals surface area contributed by atoms with Gasteiger partial charge in [-0.3, -0.25) is 14.9 Å². The van der Waals surface area contributed by atoms with Crippen molar-refractivity contribution in [2.24, 2.45) is 0 Å². The molecular formula is C27H21BrN2O7.